The topological polar surface area (TPSA) is 60.7 Å². The van der Waals surface area contributed by atoms with Crippen molar-refractivity contribution in [2.45, 2.75) is 19.0 Å². The van der Waals surface area contributed by atoms with E-state index in [0.717, 1.165) is 15.7 Å². The Labute approximate surface area is 152 Å². The van der Waals surface area contributed by atoms with E-state index in [4.69, 9.17) is 0 Å². The maximum atomic E-state index is 12.3. The Balaban J connectivity index is 1.76. The van der Waals surface area contributed by atoms with Crippen molar-refractivity contribution in [2.75, 3.05) is 5.75 Å². The van der Waals surface area contributed by atoms with Crippen molar-refractivity contribution >= 4 is 33.5 Å². The monoisotopic (exact) mass is 402 g/mol. The highest BCUT2D eigenvalue weighted by atomic mass is 79.9. The second-order valence-corrected chi connectivity index (χ2v) is 7.24. The Bertz CT molecular complexity index is 877. The molecule has 0 unspecified atom stereocenters. The molecule has 0 aliphatic carbocycles. The molecular formula is C17H15BrN4OS. The van der Waals surface area contributed by atoms with Crippen molar-refractivity contribution in [1.29, 1.82) is 0 Å². The van der Waals surface area contributed by atoms with E-state index in [0.29, 0.717) is 10.7 Å². The quantitative estimate of drug-likeness (QED) is 0.476. The van der Waals surface area contributed by atoms with E-state index < -0.39 is 0 Å². The lowest BCUT2D eigenvalue weighted by atomic mass is 10.1. The minimum atomic E-state index is 0.0441. The molecule has 0 amide bonds. The Morgan fingerprint density at radius 1 is 1.17 bits per heavy atom. The fraction of sp³-hybridized carbons (Fsp3) is 0.176. The molecule has 0 saturated heterocycles. The molecule has 0 fully saturated rings. The Morgan fingerprint density at radius 3 is 2.62 bits per heavy atom. The van der Waals surface area contributed by atoms with E-state index in [2.05, 4.69) is 37.5 Å². The van der Waals surface area contributed by atoms with Crippen LogP contribution >= 0.6 is 27.7 Å². The molecule has 1 aromatic heterocycles. The minimum absolute atomic E-state index is 0.0441. The number of aryl methyl sites for hydroxylation is 2. The van der Waals surface area contributed by atoms with Crippen LogP contribution in [0.5, 0.6) is 0 Å². The van der Waals surface area contributed by atoms with E-state index in [1.165, 1.54) is 17.3 Å². The lowest BCUT2D eigenvalue weighted by molar-refractivity contribution is 0.102. The zero-order chi connectivity index (χ0) is 17.1. The van der Waals surface area contributed by atoms with E-state index in [-0.39, 0.29) is 11.5 Å². The third-order valence-electron chi connectivity index (χ3n) is 3.52. The van der Waals surface area contributed by atoms with Gasteiger partial charge in [0.25, 0.3) is 0 Å². The average molecular weight is 403 g/mol. The van der Waals surface area contributed by atoms with Gasteiger partial charge in [-0.2, -0.15) is 4.68 Å². The van der Waals surface area contributed by atoms with Crippen LogP contribution in [-0.2, 0) is 0 Å². The number of benzene rings is 2. The molecule has 0 aliphatic heterocycles. The molecule has 0 bridgehead atoms. The lowest BCUT2D eigenvalue weighted by Crippen LogP contribution is -2.05. The molecule has 24 heavy (non-hydrogen) atoms. The predicted octanol–water partition coefficient (Wildman–Crippen LogP) is 4.02. The summed E-state index contributed by atoms with van der Waals surface area (Å²) in [6, 6.07) is 13.4. The van der Waals surface area contributed by atoms with Gasteiger partial charge in [0.1, 0.15) is 0 Å². The van der Waals surface area contributed by atoms with Gasteiger partial charge in [-0.3, -0.25) is 4.79 Å². The molecule has 7 heteroatoms. The number of hydrogen-bond acceptors (Lipinski definition) is 5. The lowest BCUT2D eigenvalue weighted by Gasteiger charge is -2.08. The van der Waals surface area contributed by atoms with Crippen LogP contribution in [0.2, 0.25) is 0 Å². The molecule has 2 aromatic carbocycles. The van der Waals surface area contributed by atoms with Gasteiger partial charge in [-0.1, -0.05) is 57.5 Å². The highest BCUT2D eigenvalue weighted by molar-refractivity contribution is 9.10. The van der Waals surface area contributed by atoms with Gasteiger partial charge in [0.05, 0.1) is 11.4 Å². The molecule has 5 nitrogen and oxygen atoms in total. The standard InChI is InChI=1S/C17H15BrN4OS/c1-11-3-8-15(12(2)9-11)22-17(19-20-21-22)24-10-16(23)13-4-6-14(18)7-5-13/h3-9H,10H2,1-2H3. The first-order valence-electron chi connectivity index (χ1n) is 7.32. The summed E-state index contributed by atoms with van der Waals surface area (Å²) in [4.78, 5) is 12.3. The molecule has 3 aromatic rings. The summed E-state index contributed by atoms with van der Waals surface area (Å²) >= 11 is 4.70. The number of carbonyl (C=O) groups excluding carboxylic acids is 1. The Hall–Kier alpha value is -1.99. The van der Waals surface area contributed by atoms with Crippen molar-refractivity contribution in [1.82, 2.24) is 20.2 Å². The largest absolute Gasteiger partial charge is 0.293 e. The smallest absolute Gasteiger partial charge is 0.214 e. The first-order chi connectivity index (χ1) is 11.5. The summed E-state index contributed by atoms with van der Waals surface area (Å²) in [5.74, 6) is 0.329. The molecule has 0 saturated carbocycles. The summed E-state index contributed by atoms with van der Waals surface area (Å²) in [5, 5.41) is 12.5. The molecule has 0 atom stereocenters. The van der Waals surface area contributed by atoms with Crippen LogP contribution in [0.15, 0.2) is 52.1 Å². The number of halogens is 1. The Morgan fingerprint density at radius 2 is 1.92 bits per heavy atom. The number of carbonyl (C=O) groups is 1. The number of ketones is 1. The van der Waals surface area contributed by atoms with Crippen molar-refractivity contribution in [3.8, 4) is 5.69 Å². The molecule has 1 heterocycles. The molecule has 0 spiro atoms. The zero-order valence-corrected chi connectivity index (χ0v) is 15.6. The van der Waals surface area contributed by atoms with Crippen LogP contribution in [-0.4, -0.2) is 31.7 Å². The van der Waals surface area contributed by atoms with Crippen LogP contribution in [0.1, 0.15) is 21.5 Å². The van der Waals surface area contributed by atoms with Crippen molar-refractivity contribution in [3.05, 3.63) is 63.6 Å². The second kappa shape index (κ2) is 7.27. The van der Waals surface area contributed by atoms with Gasteiger partial charge in [-0.05, 0) is 48.0 Å². The fourth-order valence-corrected chi connectivity index (χ4v) is 3.35. The van der Waals surface area contributed by atoms with E-state index in [9.17, 15) is 4.79 Å². The van der Waals surface area contributed by atoms with Crippen molar-refractivity contribution < 1.29 is 4.79 Å². The van der Waals surface area contributed by atoms with Crippen LogP contribution in [0, 0.1) is 13.8 Å². The van der Waals surface area contributed by atoms with Crippen molar-refractivity contribution in [3.63, 3.8) is 0 Å². The number of tetrazole rings is 1. The SMILES string of the molecule is Cc1ccc(-n2nnnc2SCC(=O)c2ccc(Br)cc2)c(C)c1. The number of aromatic nitrogens is 4. The second-order valence-electron chi connectivity index (χ2n) is 5.38. The van der Waals surface area contributed by atoms with Gasteiger partial charge < -0.3 is 0 Å². The summed E-state index contributed by atoms with van der Waals surface area (Å²) in [5.41, 5.74) is 3.87. The summed E-state index contributed by atoms with van der Waals surface area (Å²) in [6.07, 6.45) is 0. The summed E-state index contributed by atoms with van der Waals surface area (Å²) in [7, 11) is 0. The first kappa shape index (κ1) is 16.9. The first-order valence-corrected chi connectivity index (χ1v) is 9.10. The summed E-state index contributed by atoms with van der Waals surface area (Å²) < 4.78 is 2.62. The van der Waals surface area contributed by atoms with E-state index >= 15 is 0 Å². The third-order valence-corrected chi connectivity index (χ3v) is 4.97. The number of nitrogens with zero attached hydrogens (tertiary/aromatic N) is 4. The number of Topliss-reactive ketones (excluding diaryl/α,β-unsaturated/α-hetero) is 1. The molecule has 0 aliphatic rings. The predicted molar refractivity (Wildman–Crippen MR) is 97.8 cm³/mol. The molecule has 0 radical (unpaired) electrons. The van der Waals surface area contributed by atoms with E-state index in [1.54, 1.807) is 16.8 Å². The molecule has 122 valence electrons. The van der Waals surface area contributed by atoms with E-state index in [1.807, 2.05) is 38.1 Å². The number of rotatable bonds is 5. The van der Waals surface area contributed by atoms with Crippen molar-refractivity contribution in [2.24, 2.45) is 0 Å². The minimum Gasteiger partial charge on any atom is -0.293 e. The van der Waals surface area contributed by atoms with Crippen LogP contribution in [0.4, 0.5) is 0 Å². The highest BCUT2D eigenvalue weighted by Gasteiger charge is 2.14. The van der Waals surface area contributed by atoms with Crippen LogP contribution < -0.4 is 0 Å². The maximum absolute atomic E-state index is 12.3. The zero-order valence-electron chi connectivity index (χ0n) is 13.2. The Kier molecular flexibility index (Phi) is 5.11. The van der Waals surface area contributed by atoms with Gasteiger partial charge in [0, 0.05) is 10.0 Å². The average Bonchev–Trinajstić information content (AvgIpc) is 3.01. The third kappa shape index (κ3) is 3.73. The normalized spacial score (nSPS) is 10.8. The van der Waals surface area contributed by atoms with Gasteiger partial charge in [-0.25, -0.2) is 0 Å². The molecule has 0 N–H and O–H groups in total. The van der Waals surface area contributed by atoms with Crippen LogP contribution in [0.25, 0.3) is 5.69 Å². The number of thioether (sulfide) groups is 1. The number of hydrogen-bond donors (Lipinski definition) is 0. The van der Waals surface area contributed by atoms with Crippen LogP contribution in [0.3, 0.4) is 0 Å². The van der Waals surface area contributed by atoms with Gasteiger partial charge in [-0.15, -0.1) is 5.10 Å². The van der Waals surface area contributed by atoms with Gasteiger partial charge >= 0.3 is 0 Å². The molecule has 3 rings (SSSR count). The molecular weight excluding hydrogens is 388 g/mol. The summed E-state index contributed by atoms with van der Waals surface area (Å²) in [6.45, 7) is 4.06. The van der Waals surface area contributed by atoms with Gasteiger partial charge in [0.2, 0.25) is 5.16 Å². The maximum Gasteiger partial charge on any atom is 0.214 e. The van der Waals surface area contributed by atoms with Gasteiger partial charge in [0.15, 0.2) is 5.78 Å². The highest BCUT2D eigenvalue weighted by Crippen LogP contribution is 2.22. The fourth-order valence-electron chi connectivity index (χ4n) is 2.31.